The fraction of sp³-hybridized carbons (Fsp3) is 0.448. The van der Waals surface area contributed by atoms with E-state index in [9.17, 15) is 10.1 Å². The second-order valence-corrected chi connectivity index (χ2v) is 9.54. The molecule has 8 heteroatoms. The van der Waals surface area contributed by atoms with Crippen LogP contribution in [0.25, 0.3) is 0 Å². The second kappa shape index (κ2) is 12.9. The van der Waals surface area contributed by atoms with Gasteiger partial charge in [-0.05, 0) is 43.4 Å². The zero-order valence-corrected chi connectivity index (χ0v) is 22.3. The van der Waals surface area contributed by atoms with Gasteiger partial charge in [0.15, 0.2) is 0 Å². The Morgan fingerprint density at radius 2 is 2.08 bits per heavy atom. The molecule has 1 aromatic heterocycles. The number of methoxy groups -OCH3 is 1. The summed E-state index contributed by atoms with van der Waals surface area (Å²) in [5.74, 6) is 1.12. The van der Waals surface area contributed by atoms with Crippen LogP contribution < -0.4 is 9.64 Å². The lowest BCUT2D eigenvalue weighted by Gasteiger charge is -2.42. The molecule has 0 radical (unpaired) electrons. The van der Waals surface area contributed by atoms with Crippen LogP contribution in [0, 0.1) is 17.2 Å². The van der Waals surface area contributed by atoms with Gasteiger partial charge in [-0.1, -0.05) is 38.3 Å². The van der Waals surface area contributed by atoms with Crippen molar-refractivity contribution in [2.45, 2.75) is 45.7 Å². The molecule has 0 aliphatic carbocycles. The normalized spacial score (nSPS) is 18.7. The number of amides is 1. The first-order valence-electron chi connectivity index (χ1n) is 12.7. The number of allylic oxidation sites excluding steroid dienone is 5. The number of aromatic nitrogens is 2. The molecule has 3 rings (SSSR count). The van der Waals surface area contributed by atoms with E-state index in [1.54, 1.807) is 12.0 Å². The van der Waals surface area contributed by atoms with Gasteiger partial charge in [-0.3, -0.25) is 4.79 Å². The summed E-state index contributed by atoms with van der Waals surface area (Å²) in [6, 6.07) is 2.31. The molecular weight excluding hydrogens is 464 g/mol. The van der Waals surface area contributed by atoms with Gasteiger partial charge < -0.3 is 19.4 Å². The van der Waals surface area contributed by atoms with Crippen molar-refractivity contribution < 1.29 is 9.53 Å². The number of hydrogen-bond acceptors (Lipinski definition) is 7. The largest absolute Gasteiger partial charge is 0.467 e. The van der Waals surface area contributed by atoms with Crippen molar-refractivity contribution in [3.63, 3.8) is 0 Å². The van der Waals surface area contributed by atoms with Crippen LogP contribution >= 0.6 is 0 Å². The van der Waals surface area contributed by atoms with Gasteiger partial charge in [0, 0.05) is 37.4 Å². The van der Waals surface area contributed by atoms with E-state index in [4.69, 9.17) is 14.7 Å². The number of piperazine rings is 1. The zero-order valence-electron chi connectivity index (χ0n) is 22.3. The lowest BCUT2D eigenvalue weighted by Crippen LogP contribution is -2.55. The van der Waals surface area contributed by atoms with E-state index in [1.165, 1.54) is 6.08 Å². The predicted octanol–water partition coefficient (Wildman–Crippen LogP) is 4.19. The van der Waals surface area contributed by atoms with Crippen molar-refractivity contribution in [3.8, 4) is 12.1 Å². The quantitative estimate of drug-likeness (QED) is 0.269. The second-order valence-electron chi connectivity index (χ2n) is 9.54. The van der Waals surface area contributed by atoms with Crippen LogP contribution in [0.4, 0.5) is 5.82 Å². The van der Waals surface area contributed by atoms with Gasteiger partial charge in [0.05, 0.1) is 37.9 Å². The summed E-state index contributed by atoms with van der Waals surface area (Å²) in [7, 11) is 1.57. The smallest absolute Gasteiger partial charge is 0.318 e. The molecule has 2 aliphatic rings. The third-order valence-corrected chi connectivity index (χ3v) is 6.85. The summed E-state index contributed by atoms with van der Waals surface area (Å²) < 4.78 is 5.47. The van der Waals surface area contributed by atoms with Crippen LogP contribution in [0.1, 0.15) is 37.9 Å². The summed E-state index contributed by atoms with van der Waals surface area (Å²) in [5.41, 5.74) is 4.09. The highest BCUT2D eigenvalue weighted by Gasteiger charge is 2.33. The first-order valence-corrected chi connectivity index (χ1v) is 12.7. The summed E-state index contributed by atoms with van der Waals surface area (Å²) in [4.78, 5) is 27.9. The number of carbonyl (C=O) groups excluding carboxylic acids is 1. The molecule has 0 bridgehead atoms. The Bertz CT molecular complexity index is 1130. The molecular formula is C29H38N6O2. The number of fused-ring (bicyclic) bond motifs is 1. The number of anilines is 1. The molecule has 1 fully saturated rings. The molecule has 2 atom stereocenters. The number of nitriles is 1. The Morgan fingerprint density at radius 3 is 2.73 bits per heavy atom. The van der Waals surface area contributed by atoms with Gasteiger partial charge in [-0.15, -0.1) is 6.58 Å². The Labute approximate surface area is 220 Å². The summed E-state index contributed by atoms with van der Waals surface area (Å²) in [6.45, 7) is 18.9. The first kappa shape index (κ1) is 27.7. The lowest BCUT2D eigenvalue weighted by atomic mass is 10.0. The van der Waals surface area contributed by atoms with E-state index in [0.29, 0.717) is 38.1 Å². The van der Waals surface area contributed by atoms with Crippen LogP contribution in [-0.2, 0) is 17.8 Å². The molecule has 8 nitrogen and oxygen atoms in total. The van der Waals surface area contributed by atoms with Crippen molar-refractivity contribution >= 4 is 11.7 Å². The fourth-order valence-electron chi connectivity index (χ4n) is 4.75. The van der Waals surface area contributed by atoms with Gasteiger partial charge in [-0.2, -0.15) is 15.2 Å². The maximum Gasteiger partial charge on any atom is 0.318 e. The highest BCUT2D eigenvalue weighted by molar-refractivity contribution is 5.87. The minimum absolute atomic E-state index is 0.148. The molecule has 1 aromatic rings. The van der Waals surface area contributed by atoms with E-state index in [1.807, 2.05) is 13.0 Å². The van der Waals surface area contributed by atoms with E-state index in [-0.39, 0.29) is 18.4 Å². The summed E-state index contributed by atoms with van der Waals surface area (Å²) >= 11 is 0. The van der Waals surface area contributed by atoms with Crippen LogP contribution in [0.15, 0.2) is 61.4 Å². The molecule has 0 aromatic carbocycles. The third kappa shape index (κ3) is 6.67. The van der Waals surface area contributed by atoms with Crippen molar-refractivity contribution in [3.05, 3.63) is 72.6 Å². The highest BCUT2D eigenvalue weighted by atomic mass is 16.5. The number of hydrogen-bond donors (Lipinski definition) is 0. The van der Waals surface area contributed by atoms with Crippen molar-refractivity contribution in [1.29, 1.82) is 5.26 Å². The third-order valence-electron chi connectivity index (χ3n) is 6.85. The molecule has 196 valence electrons. The number of rotatable bonds is 10. The maximum absolute atomic E-state index is 12.3. The van der Waals surface area contributed by atoms with Gasteiger partial charge in [0.2, 0.25) is 5.91 Å². The Kier molecular flexibility index (Phi) is 9.67. The van der Waals surface area contributed by atoms with E-state index in [0.717, 1.165) is 47.7 Å². The van der Waals surface area contributed by atoms with Crippen molar-refractivity contribution in [2.24, 2.45) is 5.92 Å². The lowest BCUT2D eigenvalue weighted by molar-refractivity contribution is -0.128. The maximum atomic E-state index is 12.3. The van der Waals surface area contributed by atoms with Crippen LogP contribution in [0.5, 0.6) is 6.01 Å². The fourth-order valence-corrected chi connectivity index (χ4v) is 4.75. The van der Waals surface area contributed by atoms with Gasteiger partial charge in [-0.25, -0.2) is 0 Å². The standard InChI is InChI=1S/C29H38N6O2/c1-7-22(5)11-9-10-12-26(21(3)4)33-16-14-24-25(20-33)31-29(37-6)32-28(24)34-17-18-35(27(36)8-2)23(19-34)13-15-30/h7-10,12,22-23H,1-3,11,13-14,16-20H2,4-6H3/b10-9-,26-12+. The summed E-state index contributed by atoms with van der Waals surface area (Å²) in [6.07, 6.45) is 11.6. The molecule has 2 unspecified atom stereocenters. The molecule has 3 heterocycles. The zero-order chi connectivity index (χ0) is 26.9. The summed E-state index contributed by atoms with van der Waals surface area (Å²) in [5, 5.41) is 9.36. The number of ether oxygens (including phenoxy) is 1. The van der Waals surface area contributed by atoms with Gasteiger partial charge in [0.25, 0.3) is 0 Å². The van der Waals surface area contributed by atoms with E-state index < -0.39 is 0 Å². The Morgan fingerprint density at radius 1 is 1.30 bits per heavy atom. The first-order chi connectivity index (χ1) is 17.8. The highest BCUT2D eigenvalue weighted by Crippen LogP contribution is 2.32. The van der Waals surface area contributed by atoms with Crippen molar-refractivity contribution in [2.75, 3.05) is 38.2 Å². The van der Waals surface area contributed by atoms with E-state index in [2.05, 4.69) is 60.8 Å². The number of carbonyl (C=O) groups is 1. The molecule has 0 N–H and O–H groups in total. The Balaban J connectivity index is 1.87. The van der Waals surface area contributed by atoms with Gasteiger partial charge in [0.1, 0.15) is 5.82 Å². The predicted molar refractivity (Wildman–Crippen MR) is 147 cm³/mol. The minimum atomic E-state index is -0.227. The molecule has 37 heavy (non-hydrogen) atoms. The van der Waals surface area contributed by atoms with Crippen LogP contribution in [-0.4, -0.2) is 65.0 Å². The monoisotopic (exact) mass is 502 g/mol. The van der Waals surface area contributed by atoms with Crippen molar-refractivity contribution in [1.82, 2.24) is 19.8 Å². The molecule has 1 amide bonds. The van der Waals surface area contributed by atoms with Gasteiger partial charge >= 0.3 is 6.01 Å². The molecule has 0 saturated carbocycles. The average molecular weight is 503 g/mol. The van der Waals surface area contributed by atoms with Crippen LogP contribution in [0.3, 0.4) is 0 Å². The Hall–Kier alpha value is -3.86. The SMILES string of the molecule is C=CC(=O)N1CCN(c2nc(OC)nc3c2CCN(/C(=C/C=C\CC(C)C=C)C(=C)C)C3)CC1CC#N. The minimum Gasteiger partial charge on any atom is -0.467 e. The average Bonchev–Trinajstić information content (AvgIpc) is 2.91. The number of nitrogens with zero attached hydrogens (tertiary/aromatic N) is 6. The molecule has 0 spiro atoms. The van der Waals surface area contributed by atoms with Crippen LogP contribution in [0.2, 0.25) is 0 Å². The van der Waals surface area contributed by atoms with E-state index >= 15 is 0 Å². The topological polar surface area (TPSA) is 85.6 Å². The molecule has 2 aliphatic heterocycles. The molecule has 1 saturated heterocycles.